The van der Waals surface area contributed by atoms with Crippen LogP contribution in [0.1, 0.15) is 45.4 Å². The summed E-state index contributed by atoms with van der Waals surface area (Å²) in [5, 5.41) is 7.11. The Kier molecular flexibility index (Phi) is 8.64. The highest BCUT2D eigenvalue weighted by Gasteiger charge is 1.98. The van der Waals surface area contributed by atoms with Crippen molar-refractivity contribution in [2.45, 2.75) is 45.4 Å². The summed E-state index contributed by atoms with van der Waals surface area (Å²) in [5.41, 5.74) is 5.29. The summed E-state index contributed by atoms with van der Waals surface area (Å²) < 4.78 is 0. The third-order valence-corrected chi connectivity index (χ3v) is 2.41. The lowest BCUT2D eigenvalue weighted by atomic mass is 10.1. The molecule has 0 radical (unpaired) electrons. The maximum Gasteiger partial charge on any atom is 0.0918 e. The first-order chi connectivity index (χ1) is 6.66. The Morgan fingerprint density at radius 2 is 1.79 bits per heavy atom. The normalized spacial score (nSPS) is 10.8. The molecule has 84 valence electrons. The van der Waals surface area contributed by atoms with Crippen LogP contribution in [0.25, 0.3) is 0 Å². The molecule has 0 spiro atoms. The third kappa shape index (κ3) is 9.52. The third-order valence-electron chi connectivity index (χ3n) is 2.41. The molecule has 0 atom stereocenters. The summed E-state index contributed by atoms with van der Waals surface area (Å²) in [4.78, 5) is 2.26. The molecule has 0 fully saturated rings. The molecule has 0 rings (SSSR count). The molecule has 0 amide bonds. The lowest BCUT2D eigenvalue weighted by Gasteiger charge is -2.15. The molecule has 0 aliphatic carbocycles. The molecule has 0 aromatic carbocycles. The molecule has 0 saturated heterocycles. The van der Waals surface area contributed by atoms with Gasteiger partial charge in [0.15, 0.2) is 0 Å². The van der Waals surface area contributed by atoms with Gasteiger partial charge in [-0.15, -0.1) is 0 Å². The molecule has 0 aliphatic heterocycles. The summed E-state index contributed by atoms with van der Waals surface area (Å²) in [7, 11) is 2.10. The lowest BCUT2D eigenvalue weighted by molar-refractivity contribution is 0.332. The second-order valence-electron chi connectivity index (χ2n) is 3.99. The van der Waals surface area contributed by atoms with Crippen LogP contribution in [0.2, 0.25) is 0 Å². The van der Waals surface area contributed by atoms with Crippen molar-refractivity contribution in [1.82, 2.24) is 4.90 Å². The van der Waals surface area contributed by atoms with Gasteiger partial charge in [0, 0.05) is 13.0 Å². The molecule has 3 heteroatoms. The molecule has 0 bridgehead atoms. The van der Waals surface area contributed by atoms with Crippen molar-refractivity contribution in [2.24, 2.45) is 5.73 Å². The predicted molar refractivity (Wildman–Crippen MR) is 62.8 cm³/mol. The van der Waals surface area contributed by atoms with Crippen molar-refractivity contribution in [3.05, 3.63) is 0 Å². The fraction of sp³-hybridized carbons (Fsp3) is 0.909. The van der Waals surface area contributed by atoms with E-state index in [9.17, 15) is 0 Å². The molecular weight excluding hydrogens is 174 g/mol. The molecule has 0 saturated carbocycles. The monoisotopic (exact) mass is 199 g/mol. The minimum Gasteiger partial charge on any atom is -0.388 e. The first-order valence-corrected chi connectivity index (χ1v) is 5.68. The molecule has 0 aromatic heterocycles. The molecule has 0 aliphatic rings. The van der Waals surface area contributed by atoms with Crippen LogP contribution in [0, 0.1) is 5.41 Å². The molecule has 0 unspecified atom stereocenters. The zero-order valence-electron chi connectivity index (χ0n) is 9.68. The fourth-order valence-corrected chi connectivity index (χ4v) is 1.41. The number of nitrogens with one attached hydrogen (secondary N) is 1. The number of hydrogen-bond donors (Lipinski definition) is 2. The van der Waals surface area contributed by atoms with Crippen molar-refractivity contribution in [1.29, 1.82) is 5.41 Å². The van der Waals surface area contributed by atoms with Gasteiger partial charge < -0.3 is 10.6 Å². The molecule has 0 aromatic rings. The highest BCUT2D eigenvalue weighted by atomic mass is 15.1. The second kappa shape index (κ2) is 9.00. The first-order valence-electron chi connectivity index (χ1n) is 5.68. The quantitative estimate of drug-likeness (QED) is 0.340. The average molecular weight is 199 g/mol. The van der Waals surface area contributed by atoms with Crippen molar-refractivity contribution in [3.8, 4) is 0 Å². The number of nitrogens with two attached hydrogens (primary N) is 1. The lowest BCUT2D eigenvalue weighted by Crippen LogP contribution is -2.25. The minimum absolute atomic E-state index is 0.294. The van der Waals surface area contributed by atoms with E-state index < -0.39 is 0 Å². The van der Waals surface area contributed by atoms with Gasteiger partial charge in [0.2, 0.25) is 0 Å². The van der Waals surface area contributed by atoms with E-state index in [1.165, 1.54) is 32.1 Å². The number of nitrogens with zero attached hydrogens (tertiary/aromatic N) is 1. The Morgan fingerprint density at radius 3 is 2.36 bits per heavy atom. The first kappa shape index (κ1) is 13.4. The Labute approximate surface area is 88.2 Å². The molecular formula is C11H25N3. The van der Waals surface area contributed by atoms with Crippen molar-refractivity contribution in [2.75, 3.05) is 20.1 Å². The second-order valence-corrected chi connectivity index (χ2v) is 3.99. The summed E-state index contributed by atoms with van der Waals surface area (Å²) >= 11 is 0. The van der Waals surface area contributed by atoms with E-state index in [2.05, 4.69) is 18.9 Å². The van der Waals surface area contributed by atoms with Crippen LogP contribution in [0.5, 0.6) is 0 Å². The van der Waals surface area contributed by atoms with Gasteiger partial charge in [-0.05, 0) is 20.0 Å². The zero-order valence-corrected chi connectivity index (χ0v) is 9.68. The summed E-state index contributed by atoms with van der Waals surface area (Å²) in [6.45, 7) is 4.29. The van der Waals surface area contributed by atoms with E-state index in [0.717, 1.165) is 13.1 Å². The van der Waals surface area contributed by atoms with Crippen LogP contribution in [-0.4, -0.2) is 30.9 Å². The van der Waals surface area contributed by atoms with Crippen LogP contribution < -0.4 is 5.73 Å². The van der Waals surface area contributed by atoms with E-state index in [-0.39, 0.29) is 0 Å². The summed E-state index contributed by atoms with van der Waals surface area (Å²) in [5.74, 6) is 0.294. The maximum absolute atomic E-state index is 7.11. The van der Waals surface area contributed by atoms with Crippen molar-refractivity contribution >= 4 is 5.84 Å². The van der Waals surface area contributed by atoms with Crippen LogP contribution >= 0.6 is 0 Å². The fourth-order valence-electron chi connectivity index (χ4n) is 1.41. The maximum atomic E-state index is 7.11. The van der Waals surface area contributed by atoms with Gasteiger partial charge in [0.05, 0.1) is 5.84 Å². The van der Waals surface area contributed by atoms with E-state index in [1.807, 2.05) is 0 Å². The molecule has 14 heavy (non-hydrogen) atoms. The van der Waals surface area contributed by atoms with E-state index in [4.69, 9.17) is 11.1 Å². The minimum atomic E-state index is 0.294. The van der Waals surface area contributed by atoms with E-state index in [0.29, 0.717) is 12.3 Å². The molecule has 0 heterocycles. The Hall–Kier alpha value is -0.570. The topological polar surface area (TPSA) is 53.1 Å². The van der Waals surface area contributed by atoms with Gasteiger partial charge in [0.1, 0.15) is 0 Å². The standard InChI is InChI=1S/C11H25N3/c1-3-4-5-6-7-9-14(2)10-8-11(12)13/h3-10H2,1-2H3,(H3,12,13). The van der Waals surface area contributed by atoms with Crippen molar-refractivity contribution in [3.63, 3.8) is 0 Å². The summed E-state index contributed by atoms with van der Waals surface area (Å²) in [6.07, 6.45) is 7.33. The van der Waals surface area contributed by atoms with Gasteiger partial charge >= 0.3 is 0 Å². The number of amidine groups is 1. The van der Waals surface area contributed by atoms with E-state index >= 15 is 0 Å². The Morgan fingerprint density at radius 1 is 1.14 bits per heavy atom. The SMILES string of the molecule is CCCCCCCN(C)CCC(=N)N. The number of rotatable bonds is 9. The van der Waals surface area contributed by atoms with Gasteiger partial charge in [-0.2, -0.15) is 0 Å². The Bertz CT molecular complexity index is 145. The summed E-state index contributed by atoms with van der Waals surface area (Å²) in [6, 6.07) is 0. The van der Waals surface area contributed by atoms with Crippen LogP contribution in [0.4, 0.5) is 0 Å². The molecule has 3 N–H and O–H groups in total. The van der Waals surface area contributed by atoms with Crippen LogP contribution in [0.15, 0.2) is 0 Å². The van der Waals surface area contributed by atoms with Gasteiger partial charge in [-0.25, -0.2) is 0 Å². The van der Waals surface area contributed by atoms with Crippen molar-refractivity contribution < 1.29 is 0 Å². The van der Waals surface area contributed by atoms with Crippen LogP contribution in [0.3, 0.4) is 0 Å². The van der Waals surface area contributed by atoms with Crippen LogP contribution in [-0.2, 0) is 0 Å². The largest absolute Gasteiger partial charge is 0.388 e. The predicted octanol–water partition coefficient (Wildman–Crippen LogP) is 2.21. The number of hydrogen-bond acceptors (Lipinski definition) is 2. The van der Waals surface area contributed by atoms with Gasteiger partial charge in [-0.3, -0.25) is 5.41 Å². The van der Waals surface area contributed by atoms with Gasteiger partial charge in [0.25, 0.3) is 0 Å². The van der Waals surface area contributed by atoms with Gasteiger partial charge in [-0.1, -0.05) is 32.6 Å². The average Bonchev–Trinajstić information content (AvgIpc) is 2.14. The Balaban J connectivity index is 3.18. The number of unbranched alkanes of at least 4 members (excludes halogenated alkanes) is 4. The highest BCUT2D eigenvalue weighted by Crippen LogP contribution is 2.03. The molecule has 3 nitrogen and oxygen atoms in total. The zero-order chi connectivity index (χ0) is 10.8. The van der Waals surface area contributed by atoms with E-state index in [1.54, 1.807) is 0 Å². The highest BCUT2D eigenvalue weighted by molar-refractivity contribution is 5.76. The smallest absolute Gasteiger partial charge is 0.0918 e.